The van der Waals surface area contributed by atoms with Gasteiger partial charge in [-0.15, -0.1) is 0 Å². The summed E-state index contributed by atoms with van der Waals surface area (Å²) in [6.07, 6.45) is 53.1. The van der Waals surface area contributed by atoms with Gasteiger partial charge in [0.15, 0.2) is 0 Å². The molecule has 0 aliphatic rings. The number of amides is 1. The summed E-state index contributed by atoms with van der Waals surface area (Å²) in [4.78, 5) is 39.5. The number of hydrogen-bond acceptors (Lipinski definition) is 8. The minimum Gasteiger partial charge on any atom is -0.466 e. The van der Waals surface area contributed by atoms with Crippen LogP contribution in [-0.2, 0) is 28.5 Å². The average Bonchev–Trinajstić information content (AvgIpc) is 3.31. The molecular formula is C58H114N2O7. The first-order valence-corrected chi connectivity index (χ1v) is 29.4. The van der Waals surface area contributed by atoms with Crippen molar-refractivity contribution in [2.24, 2.45) is 0 Å². The molecule has 9 heteroatoms. The van der Waals surface area contributed by atoms with Crippen LogP contribution in [-0.4, -0.2) is 82.6 Å². The van der Waals surface area contributed by atoms with Gasteiger partial charge in [-0.25, -0.2) is 4.79 Å². The quantitative estimate of drug-likeness (QED) is 0.0365. The van der Waals surface area contributed by atoms with Crippen molar-refractivity contribution in [2.45, 2.75) is 302 Å². The lowest BCUT2D eigenvalue weighted by Crippen LogP contribution is -2.32. The summed E-state index contributed by atoms with van der Waals surface area (Å²) in [5, 5.41) is 2.78. The molecule has 0 unspecified atom stereocenters. The number of rotatable bonds is 55. The summed E-state index contributed by atoms with van der Waals surface area (Å²) in [7, 11) is 3.99. The summed E-state index contributed by atoms with van der Waals surface area (Å²) in [5.41, 5.74) is 0. The molecule has 9 nitrogen and oxygen atoms in total. The third kappa shape index (κ3) is 54.9. The average molecular weight is 952 g/mol. The maximum atomic E-state index is 12.6. The molecule has 0 saturated heterocycles. The second kappa shape index (κ2) is 55.1. The first-order chi connectivity index (χ1) is 32.9. The summed E-state index contributed by atoms with van der Waals surface area (Å²) >= 11 is 0. The van der Waals surface area contributed by atoms with Crippen LogP contribution >= 0.6 is 0 Å². The number of unbranched alkanes of at least 4 members (excludes halogenated alkanes) is 36. The minimum absolute atomic E-state index is 0.145. The fourth-order valence-electron chi connectivity index (χ4n) is 8.86. The third-order valence-corrected chi connectivity index (χ3v) is 13.3. The Kier molecular flexibility index (Phi) is 53.5. The number of hydrogen-bond donors (Lipinski definition) is 1. The van der Waals surface area contributed by atoms with Crippen LogP contribution in [0.1, 0.15) is 296 Å². The van der Waals surface area contributed by atoms with Crippen molar-refractivity contribution in [3.63, 3.8) is 0 Å². The van der Waals surface area contributed by atoms with Crippen LogP contribution < -0.4 is 5.32 Å². The van der Waals surface area contributed by atoms with Crippen LogP contribution in [0, 0.1) is 0 Å². The molecule has 0 rings (SSSR count). The monoisotopic (exact) mass is 951 g/mol. The zero-order valence-corrected chi connectivity index (χ0v) is 45.2. The third-order valence-electron chi connectivity index (χ3n) is 13.3. The molecule has 398 valence electrons. The Bertz CT molecular complexity index is 965. The Morgan fingerprint density at radius 1 is 0.388 bits per heavy atom. The molecular weight excluding hydrogens is 837 g/mol. The van der Waals surface area contributed by atoms with Gasteiger partial charge in [0, 0.05) is 25.9 Å². The summed E-state index contributed by atoms with van der Waals surface area (Å²) in [6, 6.07) is 0. The van der Waals surface area contributed by atoms with Gasteiger partial charge in [-0.2, -0.15) is 0 Å². The van der Waals surface area contributed by atoms with Gasteiger partial charge in [0.2, 0.25) is 0 Å². The SMILES string of the molecule is CCCCCCCCCCCCCCCCCCCCCC(=O)OCCCC(CCCOC(=O)CCCCCCCCCCCCCCCCCCCCC)OC(=O)NCCOCCN(C)C. The van der Waals surface area contributed by atoms with Gasteiger partial charge in [-0.1, -0.05) is 245 Å². The van der Waals surface area contributed by atoms with Gasteiger partial charge in [-0.3, -0.25) is 9.59 Å². The molecule has 0 spiro atoms. The highest BCUT2D eigenvalue weighted by Crippen LogP contribution is 2.18. The zero-order valence-electron chi connectivity index (χ0n) is 45.2. The molecule has 0 fully saturated rings. The highest BCUT2D eigenvalue weighted by Gasteiger charge is 2.16. The number of carbonyl (C=O) groups excluding carboxylic acids is 3. The number of carbonyl (C=O) groups is 3. The van der Waals surface area contributed by atoms with Gasteiger partial charge in [0.1, 0.15) is 6.10 Å². The highest BCUT2D eigenvalue weighted by molar-refractivity contribution is 5.69. The molecule has 0 aliphatic heterocycles. The fraction of sp³-hybridized carbons (Fsp3) is 0.948. The van der Waals surface area contributed by atoms with Gasteiger partial charge < -0.3 is 29.2 Å². The van der Waals surface area contributed by atoms with E-state index in [1.165, 1.54) is 218 Å². The van der Waals surface area contributed by atoms with E-state index in [2.05, 4.69) is 19.2 Å². The Hall–Kier alpha value is -1.87. The minimum atomic E-state index is -0.483. The molecule has 67 heavy (non-hydrogen) atoms. The van der Waals surface area contributed by atoms with E-state index in [0.717, 1.165) is 32.2 Å². The van der Waals surface area contributed by atoms with Crippen molar-refractivity contribution in [1.29, 1.82) is 0 Å². The molecule has 0 atom stereocenters. The lowest BCUT2D eigenvalue weighted by atomic mass is 10.0. The largest absolute Gasteiger partial charge is 0.466 e. The van der Waals surface area contributed by atoms with Crippen LogP contribution in [0.25, 0.3) is 0 Å². The lowest BCUT2D eigenvalue weighted by molar-refractivity contribution is -0.144. The van der Waals surface area contributed by atoms with Crippen LogP contribution in [0.15, 0.2) is 0 Å². The van der Waals surface area contributed by atoms with E-state index in [1.54, 1.807) is 0 Å². The van der Waals surface area contributed by atoms with E-state index >= 15 is 0 Å². The fourth-order valence-corrected chi connectivity index (χ4v) is 8.86. The Labute approximate surface area is 416 Å². The maximum absolute atomic E-state index is 12.6. The highest BCUT2D eigenvalue weighted by atomic mass is 16.6. The van der Waals surface area contributed by atoms with Gasteiger partial charge >= 0.3 is 18.0 Å². The predicted molar refractivity (Wildman–Crippen MR) is 284 cm³/mol. The molecule has 0 aromatic rings. The molecule has 0 heterocycles. The number of nitrogens with one attached hydrogen (secondary N) is 1. The number of likely N-dealkylation sites (N-methyl/N-ethyl adjacent to an activating group) is 1. The van der Waals surface area contributed by atoms with E-state index in [-0.39, 0.29) is 18.0 Å². The first-order valence-electron chi connectivity index (χ1n) is 29.4. The maximum Gasteiger partial charge on any atom is 0.407 e. The van der Waals surface area contributed by atoms with E-state index in [0.29, 0.717) is 71.5 Å². The topological polar surface area (TPSA) is 103 Å². The number of esters is 2. The smallest absolute Gasteiger partial charge is 0.407 e. The Morgan fingerprint density at radius 3 is 0.985 bits per heavy atom. The number of nitrogens with zero attached hydrogens (tertiary/aromatic N) is 1. The zero-order chi connectivity index (χ0) is 48.8. The van der Waals surface area contributed by atoms with Gasteiger partial charge in [0.25, 0.3) is 0 Å². The second-order valence-electron chi connectivity index (χ2n) is 20.3. The van der Waals surface area contributed by atoms with Crippen LogP contribution in [0.3, 0.4) is 0 Å². The Morgan fingerprint density at radius 2 is 0.687 bits per heavy atom. The summed E-state index contributed by atoms with van der Waals surface area (Å²) in [5.74, 6) is -0.290. The van der Waals surface area contributed by atoms with Crippen LogP contribution in [0.5, 0.6) is 0 Å². The van der Waals surface area contributed by atoms with Crippen molar-refractivity contribution in [3.8, 4) is 0 Å². The summed E-state index contributed by atoms with van der Waals surface area (Å²) in [6.45, 7) is 7.40. The van der Waals surface area contributed by atoms with E-state index in [9.17, 15) is 14.4 Å². The second-order valence-corrected chi connectivity index (χ2v) is 20.3. The van der Waals surface area contributed by atoms with Crippen LogP contribution in [0.2, 0.25) is 0 Å². The molecule has 1 N–H and O–H groups in total. The first kappa shape index (κ1) is 65.1. The van der Waals surface area contributed by atoms with Crippen molar-refractivity contribution in [1.82, 2.24) is 10.2 Å². The number of ether oxygens (including phenoxy) is 4. The molecule has 0 radical (unpaired) electrons. The van der Waals surface area contributed by atoms with E-state index in [4.69, 9.17) is 18.9 Å². The Balaban J connectivity index is 4.03. The predicted octanol–water partition coefficient (Wildman–Crippen LogP) is 16.9. The van der Waals surface area contributed by atoms with Gasteiger partial charge in [0.05, 0.1) is 26.4 Å². The van der Waals surface area contributed by atoms with Crippen molar-refractivity contribution < 1.29 is 33.3 Å². The van der Waals surface area contributed by atoms with Crippen LogP contribution in [0.4, 0.5) is 4.79 Å². The normalized spacial score (nSPS) is 11.5. The van der Waals surface area contributed by atoms with Crippen molar-refractivity contribution >= 4 is 18.0 Å². The molecule has 0 bridgehead atoms. The molecule has 1 amide bonds. The molecule has 0 saturated carbocycles. The summed E-state index contributed by atoms with van der Waals surface area (Å²) < 4.78 is 22.4. The van der Waals surface area contributed by atoms with E-state index in [1.807, 2.05) is 19.0 Å². The molecule has 0 aliphatic carbocycles. The number of alkyl carbamates (subject to hydrolysis) is 1. The molecule has 0 aromatic carbocycles. The van der Waals surface area contributed by atoms with Crippen molar-refractivity contribution in [3.05, 3.63) is 0 Å². The standard InChI is InChI=1S/C58H114N2O7/c1-5-7-9-11-13-15-17-19-21-23-25-27-29-31-33-35-37-39-41-47-56(61)65-51-43-45-55(67-58(63)59-49-53-64-54-50-60(3)4)46-44-52-66-57(62)48-42-40-38-36-34-32-30-28-26-24-22-20-18-16-14-12-10-8-6-2/h55H,5-54H2,1-4H3,(H,59,63). The van der Waals surface area contributed by atoms with E-state index < -0.39 is 6.09 Å². The van der Waals surface area contributed by atoms with Gasteiger partial charge in [-0.05, 0) is 52.6 Å². The molecule has 0 aromatic heterocycles. The lowest BCUT2D eigenvalue weighted by Gasteiger charge is -2.18. The van der Waals surface area contributed by atoms with Crippen molar-refractivity contribution in [2.75, 3.05) is 53.6 Å².